The van der Waals surface area contributed by atoms with Gasteiger partial charge in [-0.15, -0.1) is 24.0 Å². The van der Waals surface area contributed by atoms with E-state index in [1.807, 2.05) is 29.1 Å². The predicted octanol–water partition coefficient (Wildman–Crippen LogP) is 3.06. The molecule has 6 nitrogen and oxygen atoms in total. The molecular formula is C20H30FIN6. The lowest BCUT2D eigenvalue weighted by Gasteiger charge is -2.37. The zero-order valence-corrected chi connectivity index (χ0v) is 18.9. The summed E-state index contributed by atoms with van der Waals surface area (Å²) in [5.74, 6) is 1.19. The Morgan fingerprint density at radius 1 is 1.21 bits per heavy atom. The molecular weight excluding hydrogens is 470 g/mol. The highest BCUT2D eigenvalue weighted by Crippen LogP contribution is 2.20. The molecule has 2 heterocycles. The van der Waals surface area contributed by atoms with E-state index in [0.29, 0.717) is 11.6 Å². The van der Waals surface area contributed by atoms with Crippen molar-refractivity contribution >= 4 is 35.6 Å². The van der Waals surface area contributed by atoms with Gasteiger partial charge in [-0.2, -0.15) is 5.10 Å². The zero-order chi connectivity index (χ0) is 19.1. The average molecular weight is 500 g/mol. The number of benzene rings is 1. The van der Waals surface area contributed by atoms with Gasteiger partial charge in [0.2, 0.25) is 0 Å². The van der Waals surface area contributed by atoms with Crippen molar-refractivity contribution in [1.29, 1.82) is 0 Å². The molecule has 154 valence electrons. The van der Waals surface area contributed by atoms with E-state index in [1.165, 1.54) is 6.07 Å². The van der Waals surface area contributed by atoms with Crippen LogP contribution in [0.25, 0.3) is 0 Å². The van der Waals surface area contributed by atoms with Crippen molar-refractivity contribution in [3.8, 4) is 0 Å². The number of aliphatic imine (C=N–C) groups is 1. The Hall–Kier alpha value is -1.84. The Balaban J connectivity index is 0.00000280. The van der Waals surface area contributed by atoms with Crippen LogP contribution < -0.4 is 10.2 Å². The van der Waals surface area contributed by atoms with Crippen LogP contribution in [0.15, 0.2) is 47.7 Å². The molecule has 0 radical (unpaired) electrons. The fraction of sp³-hybridized carbons (Fsp3) is 0.500. The van der Waals surface area contributed by atoms with Gasteiger partial charge in [0.25, 0.3) is 0 Å². The third-order valence-corrected chi connectivity index (χ3v) is 4.72. The smallest absolute Gasteiger partial charge is 0.194 e. The predicted molar refractivity (Wildman–Crippen MR) is 123 cm³/mol. The van der Waals surface area contributed by atoms with Crippen molar-refractivity contribution in [2.45, 2.75) is 20.4 Å². The molecule has 1 aromatic heterocycles. The van der Waals surface area contributed by atoms with Gasteiger partial charge in [0, 0.05) is 58.2 Å². The van der Waals surface area contributed by atoms with E-state index in [2.05, 4.69) is 34.1 Å². The molecule has 28 heavy (non-hydrogen) atoms. The highest BCUT2D eigenvalue weighted by atomic mass is 127. The second-order valence-corrected chi connectivity index (χ2v) is 6.95. The summed E-state index contributed by atoms with van der Waals surface area (Å²) in [6, 6.07) is 8.93. The third-order valence-electron chi connectivity index (χ3n) is 4.72. The summed E-state index contributed by atoms with van der Waals surface area (Å²) in [7, 11) is 0. The number of piperazine rings is 1. The van der Waals surface area contributed by atoms with Crippen LogP contribution >= 0.6 is 24.0 Å². The van der Waals surface area contributed by atoms with Gasteiger partial charge in [-0.25, -0.2) is 4.39 Å². The molecule has 0 bridgehead atoms. The Labute approximate surface area is 183 Å². The second kappa shape index (κ2) is 11.2. The maximum Gasteiger partial charge on any atom is 0.194 e. The van der Waals surface area contributed by atoms with Crippen LogP contribution in [0.2, 0.25) is 0 Å². The van der Waals surface area contributed by atoms with E-state index in [1.54, 1.807) is 12.3 Å². The van der Waals surface area contributed by atoms with Gasteiger partial charge in [-0.05, 0) is 31.0 Å². The summed E-state index contributed by atoms with van der Waals surface area (Å²) in [4.78, 5) is 9.20. The highest BCUT2D eigenvalue weighted by Gasteiger charge is 2.21. The molecule has 1 N–H and O–H groups in total. The van der Waals surface area contributed by atoms with Crippen molar-refractivity contribution in [2.75, 3.05) is 44.2 Å². The van der Waals surface area contributed by atoms with Gasteiger partial charge in [-0.1, -0.05) is 19.1 Å². The number of anilines is 1. The van der Waals surface area contributed by atoms with Gasteiger partial charge in [0.05, 0.1) is 5.69 Å². The number of rotatable bonds is 6. The molecule has 2 aromatic rings. The first kappa shape index (κ1) is 22.4. The lowest BCUT2D eigenvalue weighted by Crippen LogP contribution is -2.52. The first-order chi connectivity index (χ1) is 13.2. The first-order valence-corrected chi connectivity index (χ1v) is 9.67. The minimum absolute atomic E-state index is 0. The topological polar surface area (TPSA) is 48.7 Å². The Bertz CT molecular complexity index is 728. The number of aromatic nitrogens is 2. The summed E-state index contributed by atoms with van der Waals surface area (Å²) in [6.07, 6.45) is 3.78. The molecule has 0 aliphatic carbocycles. The van der Waals surface area contributed by atoms with E-state index in [0.717, 1.165) is 51.8 Å². The number of para-hydroxylation sites is 1. The van der Waals surface area contributed by atoms with Crippen LogP contribution in [0.4, 0.5) is 10.1 Å². The molecule has 1 atom stereocenters. The molecule has 1 unspecified atom stereocenters. The van der Waals surface area contributed by atoms with Crippen LogP contribution in [0.3, 0.4) is 0 Å². The van der Waals surface area contributed by atoms with Crippen molar-refractivity contribution in [2.24, 2.45) is 10.9 Å². The van der Waals surface area contributed by atoms with Gasteiger partial charge < -0.3 is 15.1 Å². The third kappa shape index (κ3) is 6.08. The fourth-order valence-corrected chi connectivity index (χ4v) is 3.32. The van der Waals surface area contributed by atoms with E-state index in [-0.39, 0.29) is 29.8 Å². The highest BCUT2D eigenvalue weighted by molar-refractivity contribution is 14.0. The van der Waals surface area contributed by atoms with Crippen LogP contribution in [0.1, 0.15) is 13.8 Å². The SMILES string of the molecule is CCNC(=NCC(C)Cn1cccn1)N1CCN(c2ccccc2F)CC1.I. The minimum Gasteiger partial charge on any atom is -0.366 e. The maximum atomic E-state index is 14.0. The van der Waals surface area contributed by atoms with E-state index >= 15 is 0 Å². The molecule has 1 saturated heterocycles. The van der Waals surface area contributed by atoms with Crippen LogP contribution in [0.5, 0.6) is 0 Å². The molecule has 3 rings (SSSR count). The Morgan fingerprint density at radius 2 is 1.96 bits per heavy atom. The van der Waals surface area contributed by atoms with Crippen LogP contribution in [0, 0.1) is 11.7 Å². The van der Waals surface area contributed by atoms with Crippen molar-refractivity contribution in [3.63, 3.8) is 0 Å². The summed E-state index contributed by atoms with van der Waals surface area (Å²) in [5, 5.41) is 7.65. The monoisotopic (exact) mass is 500 g/mol. The van der Waals surface area contributed by atoms with E-state index < -0.39 is 0 Å². The Morgan fingerprint density at radius 3 is 2.61 bits per heavy atom. The van der Waals surface area contributed by atoms with E-state index in [9.17, 15) is 4.39 Å². The normalized spacial score (nSPS) is 15.9. The lowest BCUT2D eigenvalue weighted by atomic mass is 10.2. The van der Waals surface area contributed by atoms with Gasteiger partial charge in [0.15, 0.2) is 5.96 Å². The van der Waals surface area contributed by atoms with E-state index in [4.69, 9.17) is 4.99 Å². The fourth-order valence-electron chi connectivity index (χ4n) is 3.32. The maximum absolute atomic E-state index is 14.0. The molecule has 1 aliphatic rings. The van der Waals surface area contributed by atoms with Gasteiger partial charge in [0.1, 0.15) is 5.82 Å². The number of halogens is 2. The molecule has 1 fully saturated rings. The second-order valence-electron chi connectivity index (χ2n) is 6.95. The molecule has 8 heteroatoms. The number of hydrogen-bond donors (Lipinski definition) is 1. The number of hydrogen-bond acceptors (Lipinski definition) is 3. The molecule has 0 amide bonds. The van der Waals surface area contributed by atoms with Gasteiger partial charge in [-0.3, -0.25) is 9.67 Å². The summed E-state index contributed by atoms with van der Waals surface area (Å²) in [6.45, 7) is 9.93. The minimum atomic E-state index is -0.154. The van der Waals surface area contributed by atoms with Crippen LogP contribution in [-0.2, 0) is 6.54 Å². The zero-order valence-electron chi connectivity index (χ0n) is 16.6. The molecule has 0 spiro atoms. The summed E-state index contributed by atoms with van der Waals surface area (Å²) >= 11 is 0. The largest absolute Gasteiger partial charge is 0.366 e. The average Bonchev–Trinajstić information content (AvgIpc) is 3.19. The summed E-state index contributed by atoms with van der Waals surface area (Å²) < 4.78 is 16.0. The van der Waals surface area contributed by atoms with Crippen LogP contribution in [-0.4, -0.2) is 59.9 Å². The molecule has 0 saturated carbocycles. The number of guanidine groups is 1. The molecule has 1 aromatic carbocycles. The first-order valence-electron chi connectivity index (χ1n) is 9.67. The number of nitrogens with one attached hydrogen (secondary N) is 1. The standard InChI is InChI=1S/C20H29FN6.HI/c1-3-22-20(23-15-17(2)16-27-10-6-9-24-27)26-13-11-25(12-14-26)19-8-5-4-7-18(19)21;/h4-10,17H,3,11-16H2,1-2H3,(H,22,23);1H. The quantitative estimate of drug-likeness (QED) is 0.377. The lowest BCUT2D eigenvalue weighted by molar-refractivity contribution is 0.368. The molecule has 1 aliphatic heterocycles. The van der Waals surface area contributed by atoms with Gasteiger partial charge >= 0.3 is 0 Å². The Kier molecular flexibility index (Phi) is 9.01. The summed E-state index contributed by atoms with van der Waals surface area (Å²) in [5.41, 5.74) is 0.687. The van der Waals surface area contributed by atoms with Crippen molar-refractivity contribution in [3.05, 3.63) is 48.5 Å². The van der Waals surface area contributed by atoms with Crippen molar-refractivity contribution < 1.29 is 4.39 Å². The number of nitrogens with zero attached hydrogens (tertiary/aromatic N) is 5. The van der Waals surface area contributed by atoms with Crippen molar-refractivity contribution in [1.82, 2.24) is 20.0 Å².